The van der Waals surface area contributed by atoms with Crippen molar-refractivity contribution in [2.24, 2.45) is 4.99 Å². The largest absolute Gasteiger partial charge is 0.495 e. The normalized spacial score (nSPS) is 19.7. The summed E-state index contributed by atoms with van der Waals surface area (Å²) in [6.45, 7) is 8.53. The van der Waals surface area contributed by atoms with Crippen molar-refractivity contribution in [2.75, 3.05) is 65.0 Å². The fourth-order valence-corrected chi connectivity index (χ4v) is 3.92. The molecule has 29 heavy (non-hydrogen) atoms. The molecule has 1 aliphatic carbocycles. The number of aliphatic imine (C=N–C) groups is 1. The number of anilines is 1. The van der Waals surface area contributed by atoms with Gasteiger partial charge in [0.1, 0.15) is 5.75 Å². The van der Waals surface area contributed by atoms with Gasteiger partial charge in [-0.15, -0.1) is 0 Å². The lowest BCUT2D eigenvalue weighted by molar-refractivity contribution is 0.145. The molecule has 1 aromatic rings. The van der Waals surface area contributed by atoms with Crippen LogP contribution in [0.1, 0.15) is 26.2 Å². The number of hydrogen-bond acceptors (Lipinski definition) is 5. The van der Waals surface area contributed by atoms with Gasteiger partial charge < -0.3 is 25.0 Å². The molecule has 0 spiro atoms. The topological polar surface area (TPSA) is 61.4 Å². The van der Waals surface area contributed by atoms with Crippen LogP contribution in [0.2, 0.25) is 0 Å². The number of nitrogens with one attached hydrogen (secondary N) is 2. The number of benzene rings is 1. The molecule has 1 unspecified atom stereocenters. The number of hydrogen-bond donors (Lipinski definition) is 2. The summed E-state index contributed by atoms with van der Waals surface area (Å²) < 4.78 is 10.8. The first kappa shape index (κ1) is 21.7. The summed E-state index contributed by atoms with van der Waals surface area (Å²) in [5.41, 5.74) is 1.17. The van der Waals surface area contributed by atoms with Gasteiger partial charge >= 0.3 is 0 Å². The molecule has 2 aliphatic rings. The maximum absolute atomic E-state index is 5.53. The van der Waals surface area contributed by atoms with Crippen molar-refractivity contribution >= 4 is 11.6 Å². The Morgan fingerprint density at radius 3 is 2.76 bits per heavy atom. The average Bonchev–Trinajstić information content (AvgIpc) is 3.49. The molecule has 3 rings (SSSR count). The average molecular weight is 404 g/mol. The highest BCUT2D eigenvalue weighted by atomic mass is 16.5. The first-order chi connectivity index (χ1) is 14.2. The van der Waals surface area contributed by atoms with Crippen LogP contribution >= 0.6 is 0 Å². The van der Waals surface area contributed by atoms with Crippen LogP contribution < -0.4 is 20.3 Å². The zero-order valence-corrected chi connectivity index (χ0v) is 18.2. The molecule has 7 nitrogen and oxygen atoms in total. The van der Waals surface area contributed by atoms with Gasteiger partial charge in [-0.1, -0.05) is 12.1 Å². The fraction of sp³-hybridized carbons (Fsp3) is 0.682. The second-order valence-corrected chi connectivity index (χ2v) is 7.77. The summed E-state index contributed by atoms with van der Waals surface area (Å²) in [6.07, 6.45) is 3.71. The Balaban J connectivity index is 1.51. The Morgan fingerprint density at radius 1 is 1.21 bits per heavy atom. The minimum absolute atomic E-state index is 0.380. The summed E-state index contributed by atoms with van der Waals surface area (Å²) in [4.78, 5) is 9.73. The molecule has 1 aromatic carbocycles. The van der Waals surface area contributed by atoms with E-state index in [0.717, 1.165) is 70.0 Å². The smallest absolute Gasteiger partial charge is 0.191 e. The van der Waals surface area contributed by atoms with Crippen molar-refractivity contribution in [3.8, 4) is 5.75 Å². The van der Waals surface area contributed by atoms with Gasteiger partial charge in [0.25, 0.3) is 0 Å². The Bertz CT molecular complexity index is 650. The molecular formula is C22H37N5O2. The lowest BCUT2D eigenvalue weighted by Gasteiger charge is -2.23. The molecular weight excluding hydrogens is 366 g/mol. The molecule has 1 heterocycles. The predicted octanol–water partition coefficient (Wildman–Crippen LogP) is 1.94. The van der Waals surface area contributed by atoms with E-state index in [2.05, 4.69) is 39.5 Å². The molecule has 162 valence electrons. The van der Waals surface area contributed by atoms with Gasteiger partial charge in [-0.3, -0.25) is 9.89 Å². The van der Waals surface area contributed by atoms with Crippen molar-refractivity contribution in [3.63, 3.8) is 0 Å². The zero-order chi connectivity index (χ0) is 20.5. The van der Waals surface area contributed by atoms with Gasteiger partial charge in [0.15, 0.2) is 5.96 Å². The van der Waals surface area contributed by atoms with E-state index in [1.54, 1.807) is 14.2 Å². The second-order valence-electron chi connectivity index (χ2n) is 7.77. The van der Waals surface area contributed by atoms with Gasteiger partial charge in [-0.2, -0.15) is 0 Å². The van der Waals surface area contributed by atoms with Crippen LogP contribution in [0.15, 0.2) is 29.3 Å². The Labute approximate surface area is 175 Å². The maximum Gasteiger partial charge on any atom is 0.191 e. The number of ether oxygens (including phenoxy) is 2. The van der Waals surface area contributed by atoms with Gasteiger partial charge in [0.2, 0.25) is 0 Å². The number of para-hydroxylation sites is 2. The Hall–Kier alpha value is -1.99. The SMILES string of the molecule is CCNC(=NCCN(CCOC)C1CC1)NC1CCN(c2ccccc2OC)C1. The molecule has 2 N–H and O–H groups in total. The standard InChI is InChI=1S/C22H37N5O2/c1-4-23-22(24-12-14-26(15-16-28-2)19-9-10-19)25-18-11-13-27(17-18)20-7-5-6-8-21(20)29-3/h5-8,18-19H,4,9-17H2,1-3H3,(H2,23,24,25). The van der Waals surface area contributed by atoms with Crippen LogP contribution in [0.4, 0.5) is 5.69 Å². The van der Waals surface area contributed by atoms with E-state index in [4.69, 9.17) is 14.5 Å². The van der Waals surface area contributed by atoms with Crippen molar-refractivity contribution in [3.05, 3.63) is 24.3 Å². The predicted molar refractivity (Wildman–Crippen MR) is 119 cm³/mol. The highest BCUT2D eigenvalue weighted by molar-refractivity contribution is 5.80. The summed E-state index contributed by atoms with van der Waals surface area (Å²) >= 11 is 0. The Morgan fingerprint density at radius 2 is 2.03 bits per heavy atom. The lowest BCUT2D eigenvalue weighted by Crippen LogP contribution is -2.45. The van der Waals surface area contributed by atoms with E-state index in [-0.39, 0.29) is 0 Å². The minimum atomic E-state index is 0.380. The van der Waals surface area contributed by atoms with E-state index < -0.39 is 0 Å². The molecule has 2 fully saturated rings. The number of nitrogens with zero attached hydrogens (tertiary/aromatic N) is 3. The van der Waals surface area contributed by atoms with Gasteiger partial charge in [-0.05, 0) is 38.3 Å². The third-order valence-corrected chi connectivity index (χ3v) is 5.60. The number of methoxy groups -OCH3 is 2. The number of guanidine groups is 1. The van der Waals surface area contributed by atoms with Crippen LogP contribution in [0.3, 0.4) is 0 Å². The van der Waals surface area contributed by atoms with Crippen molar-refractivity contribution in [1.29, 1.82) is 0 Å². The van der Waals surface area contributed by atoms with Crippen LogP contribution in [-0.4, -0.2) is 83.0 Å². The molecule has 7 heteroatoms. The second kappa shape index (κ2) is 11.3. The number of rotatable bonds is 11. The summed E-state index contributed by atoms with van der Waals surface area (Å²) in [5.74, 6) is 1.85. The monoisotopic (exact) mass is 403 g/mol. The van der Waals surface area contributed by atoms with Crippen LogP contribution in [-0.2, 0) is 4.74 Å². The van der Waals surface area contributed by atoms with Crippen LogP contribution in [0.5, 0.6) is 5.75 Å². The van der Waals surface area contributed by atoms with E-state index in [1.807, 2.05) is 12.1 Å². The summed E-state index contributed by atoms with van der Waals surface area (Å²) in [6, 6.07) is 9.36. The molecule has 0 aromatic heterocycles. The van der Waals surface area contributed by atoms with Gasteiger partial charge in [-0.25, -0.2) is 0 Å². The fourth-order valence-electron chi connectivity index (χ4n) is 3.92. The third kappa shape index (κ3) is 6.51. The van der Waals surface area contributed by atoms with E-state index in [0.29, 0.717) is 6.04 Å². The first-order valence-corrected chi connectivity index (χ1v) is 10.9. The molecule has 1 saturated heterocycles. The molecule has 1 aliphatic heterocycles. The summed E-state index contributed by atoms with van der Waals surface area (Å²) in [5, 5.41) is 7.03. The quantitative estimate of drug-likeness (QED) is 0.435. The van der Waals surface area contributed by atoms with Crippen molar-refractivity contribution in [2.45, 2.75) is 38.3 Å². The molecule has 1 saturated carbocycles. The van der Waals surface area contributed by atoms with Crippen molar-refractivity contribution < 1.29 is 9.47 Å². The van der Waals surface area contributed by atoms with Gasteiger partial charge in [0, 0.05) is 51.9 Å². The molecule has 0 amide bonds. The van der Waals surface area contributed by atoms with Crippen LogP contribution in [0.25, 0.3) is 0 Å². The van der Waals surface area contributed by atoms with E-state index >= 15 is 0 Å². The maximum atomic E-state index is 5.53. The molecule has 0 bridgehead atoms. The van der Waals surface area contributed by atoms with Crippen molar-refractivity contribution in [1.82, 2.24) is 15.5 Å². The third-order valence-electron chi connectivity index (χ3n) is 5.60. The molecule has 0 radical (unpaired) electrons. The van der Waals surface area contributed by atoms with Crippen LogP contribution in [0, 0.1) is 0 Å². The highest BCUT2D eigenvalue weighted by Crippen LogP contribution is 2.30. The molecule has 1 atom stereocenters. The highest BCUT2D eigenvalue weighted by Gasteiger charge is 2.28. The van der Waals surface area contributed by atoms with E-state index in [9.17, 15) is 0 Å². The van der Waals surface area contributed by atoms with Gasteiger partial charge in [0.05, 0.1) is 25.9 Å². The summed E-state index contributed by atoms with van der Waals surface area (Å²) in [7, 11) is 3.50. The van der Waals surface area contributed by atoms with E-state index in [1.165, 1.54) is 18.5 Å². The zero-order valence-electron chi connectivity index (χ0n) is 18.2. The lowest BCUT2D eigenvalue weighted by atomic mass is 10.2. The minimum Gasteiger partial charge on any atom is -0.495 e. The first-order valence-electron chi connectivity index (χ1n) is 10.9. The Kier molecular flexibility index (Phi) is 8.43.